The number of carbonyl (C=O) groups excluding carboxylic acids is 1. The van der Waals surface area contributed by atoms with E-state index < -0.39 is 5.97 Å². The third-order valence-electron chi connectivity index (χ3n) is 3.70. The van der Waals surface area contributed by atoms with E-state index in [-0.39, 0.29) is 5.69 Å². The van der Waals surface area contributed by atoms with E-state index in [1.165, 1.54) is 25.5 Å². The van der Waals surface area contributed by atoms with E-state index in [2.05, 4.69) is 31.2 Å². The number of rotatable bonds is 4. The first-order valence-electron chi connectivity index (χ1n) is 7.05. The van der Waals surface area contributed by atoms with Gasteiger partial charge in [-0.05, 0) is 30.4 Å². The Morgan fingerprint density at radius 3 is 3.05 bits per heavy atom. The van der Waals surface area contributed by atoms with Gasteiger partial charge in [0, 0.05) is 0 Å². The van der Waals surface area contributed by atoms with Crippen LogP contribution in [0.25, 0.3) is 5.65 Å². The van der Waals surface area contributed by atoms with Gasteiger partial charge in [-0.15, -0.1) is 5.10 Å². The average molecular weight is 298 g/mol. The topological polar surface area (TPSA) is 87.2 Å². The molecule has 3 aromatic rings. The van der Waals surface area contributed by atoms with Crippen molar-refractivity contribution in [2.45, 2.75) is 25.3 Å². The second-order valence-corrected chi connectivity index (χ2v) is 5.39. The lowest BCUT2D eigenvalue weighted by molar-refractivity contribution is 0.0594. The van der Waals surface area contributed by atoms with E-state index in [0.29, 0.717) is 12.5 Å². The van der Waals surface area contributed by atoms with Gasteiger partial charge < -0.3 is 4.74 Å². The summed E-state index contributed by atoms with van der Waals surface area (Å²) in [5.41, 5.74) is 3.06. The number of fused-ring (bicyclic) bond motifs is 1. The van der Waals surface area contributed by atoms with Crippen LogP contribution >= 0.6 is 0 Å². The zero-order valence-corrected chi connectivity index (χ0v) is 12.0. The van der Waals surface area contributed by atoms with E-state index in [0.717, 1.165) is 11.3 Å². The molecule has 0 aliphatic heterocycles. The van der Waals surface area contributed by atoms with E-state index in [4.69, 9.17) is 0 Å². The lowest BCUT2D eigenvalue weighted by Gasteiger charge is -1.96. The molecule has 0 bridgehead atoms. The minimum atomic E-state index is -0.503. The Labute approximate surface area is 125 Å². The van der Waals surface area contributed by atoms with Crippen molar-refractivity contribution in [1.29, 1.82) is 0 Å². The molecule has 8 nitrogen and oxygen atoms in total. The molecular formula is C14H14N6O2. The molecule has 0 saturated heterocycles. The maximum absolute atomic E-state index is 11.4. The van der Waals surface area contributed by atoms with Crippen LogP contribution in [0.4, 0.5) is 0 Å². The minimum Gasteiger partial charge on any atom is -0.464 e. The Morgan fingerprint density at radius 2 is 2.27 bits per heavy atom. The van der Waals surface area contributed by atoms with Crippen LogP contribution in [0.1, 0.15) is 40.5 Å². The summed E-state index contributed by atoms with van der Waals surface area (Å²) in [7, 11) is 1.31. The Balaban J connectivity index is 1.58. The van der Waals surface area contributed by atoms with Gasteiger partial charge in [0.1, 0.15) is 0 Å². The van der Waals surface area contributed by atoms with Crippen LogP contribution in [0.3, 0.4) is 0 Å². The van der Waals surface area contributed by atoms with Crippen molar-refractivity contribution in [2.24, 2.45) is 0 Å². The Morgan fingerprint density at radius 1 is 1.41 bits per heavy atom. The van der Waals surface area contributed by atoms with Gasteiger partial charge in [-0.25, -0.2) is 19.0 Å². The maximum atomic E-state index is 11.4. The molecule has 4 rings (SSSR count). The number of aromatic nitrogens is 6. The Hall–Kier alpha value is -2.77. The Kier molecular flexibility index (Phi) is 2.88. The summed E-state index contributed by atoms with van der Waals surface area (Å²) in [6, 6.07) is 2.08. The summed E-state index contributed by atoms with van der Waals surface area (Å²) in [5.74, 6) is 0.146. The molecular weight excluding hydrogens is 284 g/mol. The maximum Gasteiger partial charge on any atom is 0.360 e. The second-order valence-electron chi connectivity index (χ2n) is 5.39. The molecule has 0 aromatic carbocycles. The molecule has 112 valence electrons. The lowest BCUT2D eigenvalue weighted by atomic mass is 10.2. The van der Waals surface area contributed by atoms with E-state index in [1.54, 1.807) is 15.4 Å². The zero-order chi connectivity index (χ0) is 15.1. The molecule has 3 aromatic heterocycles. The summed E-state index contributed by atoms with van der Waals surface area (Å²) >= 11 is 0. The van der Waals surface area contributed by atoms with Gasteiger partial charge in [0.2, 0.25) is 0 Å². The van der Waals surface area contributed by atoms with Crippen LogP contribution < -0.4 is 0 Å². The standard InChI is InChI=1S/C14H14N6O2/c1-22-14(21)12-8-19(18-17-12)6-11-7-20-13(16-11)4-10(5-15-20)9-2-3-9/h4-5,7-9H,2-3,6H2,1H3. The number of esters is 1. The van der Waals surface area contributed by atoms with Crippen LogP contribution in [-0.2, 0) is 11.3 Å². The van der Waals surface area contributed by atoms with Crippen LogP contribution in [0.15, 0.2) is 24.7 Å². The molecule has 0 radical (unpaired) electrons. The fourth-order valence-electron chi connectivity index (χ4n) is 2.40. The number of imidazole rings is 1. The monoisotopic (exact) mass is 298 g/mol. The number of carbonyl (C=O) groups is 1. The summed E-state index contributed by atoms with van der Waals surface area (Å²) in [4.78, 5) is 15.9. The highest BCUT2D eigenvalue weighted by molar-refractivity contribution is 5.86. The van der Waals surface area contributed by atoms with Crippen molar-refractivity contribution in [3.63, 3.8) is 0 Å². The van der Waals surface area contributed by atoms with Crippen LogP contribution in [-0.4, -0.2) is 42.7 Å². The highest BCUT2D eigenvalue weighted by Gasteiger charge is 2.24. The third kappa shape index (κ3) is 2.32. The number of ether oxygens (including phenoxy) is 1. The molecule has 22 heavy (non-hydrogen) atoms. The highest BCUT2D eigenvalue weighted by atomic mass is 16.5. The number of hydrogen-bond donors (Lipinski definition) is 0. The highest BCUT2D eigenvalue weighted by Crippen LogP contribution is 2.39. The summed E-state index contributed by atoms with van der Waals surface area (Å²) < 4.78 is 7.91. The van der Waals surface area contributed by atoms with Gasteiger partial charge in [0.15, 0.2) is 11.3 Å². The predicted octanol–water partition coefficient (Wildman–Crippen LogP) is 1.03. The number of nitrogens with zero attached hydrogens (tertiary/aromatic N) is 6. The van der Waals surface area contributed by atoms with Crippen LogP contribution in [0.5, 0.6) is 0 Å². The molecule has 1 fully saturated rings. The van der Waals surface area contributed by atoms with Crippen LogP contribution in [0.2, 0.25) is 0 Å². The molecule has 1 saturated carbocycles. The molecule has 0 unspecified atom stereocenters. The van der Waals surface area contributed by atoms with Crippen LogP contribution in [0, 0.1) is 0 Å². The third-order valence-corrected chi connectivity index (χ3v) is 3.70. The van der Waals surface area contributed by atoms with Gasteiger partial charge in [-0.3, -0.25) is 0 Å². The van der Waals surface area contributed by atoms with Crippen molar-refractivity contribution >= 4 is 11.6 Å². The van der Waals surface area contributed by atoms with Crippen molar-refractivity contribution < 1.29 is 9.53 Å². The first kappa shape index (κ1) is 12.9. The molecule has 3 heterocycles. The first-order chi connectivity index (χ1) is 10.7. The van der Waals surface area contributed by atoms with Crippen molar-refractivity contribution in [3.05, 3.63) is 41.6 Å². The van der Waals surface area contributed by atoms with E-state index in [1.807, 2.05) is 12.4 Å². The van der Waals surface area contributed by atoms with Gasteiger partial charge in [-0.2, -0.15) is 5.10 Å². The van der Waals surface area contributed by atoms with Gasteiger partial charge in [0.25, 0.3) is 0 Å². The average Bonchev–Trinajstić information content (AvgIpc) is 3.15. The van der Waals surface area contributed by atoms with E-state index >= 15 is 0 Å². The molecule has 0 atom stereocenters. The SMILES string of the molecule is COC(=O)c1cn(Cc2cn3ncc(C4CC4)cc3n2)nn1. The Bertz CT molecular complexity index is 848. The fourth-order valence-corrected chi connectivity index (χ4v) is 2.40. The summed E-state index contributed by atoms with van der Waals surface area (Å²) in [6.45, 7) is 0.423. The fraction of sp³-hybridized carbons (Fsp3) is 0.357. The second kappa shape index (κ2) is 4.90. The van der Waals surface area contributed by atoms with E-state index in [9.17, 15) is 4.79 Å². The molecule has 8 heteroatoms. The molecule has 0 N–H and O–H groups in total. The van der Waals surface area contributed by atoms with Gasteiger partial charge >= 0.3 is 5.97 Å². The smallest absolute Gasteiger partial charge is 0.360 e. The number of hydrogen-bond acceptors (Lipinski definition) is 6. The van der Waals surface area contributed by atoms with Crippen molar-refractivity contribution in [2.75, 3.05) is 7.11 Å². The molecule has 0 spiro atoms. The predicted molar refractivity (Wildman–Crippen MR) is 75.4 cm³/mol. The normalized spacial score (nSPS) is 14.4. The zero-order valence-electron chi connectivity index (χ0n) is 12.0. The summed E-state index contributed by atoms with van der Waals surface area (Å²) in [5, 5.41) is 12.1. The first-order valence-corrected chi connectivity index (χ1v) is 7.05. The lowest BCUT2D eigenvalue weighted by Crippen LogP contribution is -2.02. The quantitative estimate of drug-likeness (QED) is 0.669. The van der Waals surface area contributed by atoms with Gasteiger partial charge in [-0.1, -0.05) is 5.21 Å². The van der Waals surface area contributed by atoms with Gasteiger partial charge in [0.05, 0.1) is 37.9 Å². The summed E-state index contributed by atoms with van der Waals surface area (Å²) in [6.07, 6.45) is 7.77. The molecule has 1 aliphatic rings. The minimum absolute atomic E-state index is 0.181. The van der Waals surface area contributed by atoms with Crippen molar-refractivity contribution in [3.8, 4) is 0 Å². The molecule has 1 aliphatic carbocycles. The molecule has 0 amide bonds. The van der Waals surface area contributed by atoms with Crippen molar-refractivity contribution in [1.82, 2.24) is 29.6 Å². The number of methoxy groups -OCH3 is 1. The largest absolute Gasteiger partial charge is 0.464 e.